The van der Waals surface area contributed by atoms with E-state index in [1.807, 2.05) is 11.4 Å². The minimum atomic E-state index is -0.769. The number of hydrogen-bond donors (Lipinski definition) is 1. The van der Waals surface area contributed by atoms with Crippen LogP contribution in [0.3, 0.4) is 0 Å². The van der Waals surface area contributed by atoms with Crippen LogP contribution < -0.4 is 5.32 Å². The first kappa shape index (κ1) is 12.6. The number of nitrogens with one attached hydrogen (secondary N) is 1. The molecule has 1 aromatic rings. The van der Waals surface area contributed by atoms with Crippen LogP contribution in [0, 0.1) is 16.7 Å². The zero-order valence-electron chi connectivity index (χ0n) is 9.33. The van der Waals surface area contributed by atoms with Gasteiger partial charge in [-0.05, 0) is 34.8 Å². The number of carbonyl (C=O) groups is 1. The fraction of sp³-hybridized carbons (Fsp3) is 0.500. The molecule has 1 heterocycles. The lowest BCUT2D eigenvalue weighted by Crippen LogP contribution is -2.37. The molecule has 0 aliphatic heterocycles. The highest BCUT2D eigenvalue weighted by molar-refractivity contribution is 9.10. The average Bonchev–Trinajstić information content (AvgIpc) is 2.95. The summed E-state index contributed by atoms with van der Waals surface area (Å²) < 4.78 is 1.03. The molecule has 1 amide bonds. The highest BCUT2D eigenvalue weighted by atomic mass is 79.9. The fourth-order valence-corrected chi connectivity index (χ4v) is 3.54. The second-order valence-corrected chi connectivity index (χ2v) is 6.23. The quantitative estimate of drug-likeness (QED) is 0.931. The van der Waals surface area contributed by atoms with E-state index >= 15 is 0 Å². The van der Waals surface area contributed by atoms with Crippen LogP contribution in [0.1, 0.15) is 30.6 Å². The van der Waals surface area contributed by atoms with E-state index in [9.17, 15) is 10.1 Å². The maximum atomic E-state index is 12.0. The molecule has 1 saturated carbocycles. The average molecular weight is 313 g/mol. The maximum Gasteiger partial charge on any atom is 0.240 e. The van der Waals surface area contributed by atoms with E-state index in [0.717, 1.165) is 22.2 Å². The molecule has 0 unspecified atom stereocenters. The van der Waals surface area contributed by atoms with E-state index in [4.69, 9.17) is 0 Å². The van der Waals surface area contributed by atoms with Crippen LogP contribution in [0.2, 0.25) is 0 Å². The van der Waals surface area contributed by atoms with Crippen molar-refractivity contribution in [3.63, 3.8) is 0 Å². The van der Waals surface area contributed by atoms with Gasteiger partial charge in [0.05, 0.1) is 12.6 Å². The predicted octanol–water partition coefficient (Wildman–Crippen LogP) is 3.21. The van der Waals surface area contributed by atoms with Crippen molar-refractivity contribution in [2.24, 2.45) is 5.41 Å². The summed E-state index contributed by atoms with van der Waals surface area (Å²) in [6.07, 6.45) is 3.35. The summed E-state index contributed by atoms with van der Waals surface area (Å²) in [5, 5.41) is 14.0. The molecule has 90 valence electrons. The largest absolute Gasteiger partial charge is 0.350 e. The lowest BCUT2D eigenvalue weighted by atomic mass is 9.87. The first-order valence-corrected chi connectivity index (χ1v) is 7.26. The fourth-order valence-electron chi connectivity index (χ4n) is 2.15. The van der Waals surface area contributed by atoms with Crippen LogP contribution in [-0.4, -0.2) is 5.91 Å². The topological polar surface area (TPSA) is 52.9 Å². The lowest BCUT2D eigenvalue weighted by Gasteiger charge is -2.18. The Morgan fingerprint density at radius 1 is 1.59 bits per heavy atom. The van der Waals surface area contributed by atoms with Crippen LogP contribution in [0.25, 0.3) is 0 Å². The van der Waals surface area contributed by atoms with Crippen LogP contribution in [-0.2, 0) is 11.3 Å². The summed E-state index contributed by atoms with van der Waals surface area (Å²) in [4.78, 5) is 13.1. The summed E-state index contributed by atoms with van der Waals surface area (Å²) in [6.45, 7) is 0.512. The van der Waals surface area contributed by atoms with E-state index in [1.165, 1.54) is 0 Å². The van der Waals surface area contributed by atoms with E-state index in [2.05, 4.69) is 27.3 Å². The second kappa shape index (κ2) is 5.19. The zero-order valence-corrected chi connectivity index (χ0v) is 11.7. The van der Waals surface area contributed by atoms with Crippen molar-refractivity contribution >= 4 is 33.2 Å². The van der Waals surface area contributed by atoms with Gasteiger partial charge in [0.25, 0.3) is 0 Å². The molecule has 0 bridgehead atoms. The van der Waals surface area contributed by atoms with Crippen LogP contribution in [0.5, 0.6) is 0 Å². The molecule has 1 fully saturated rings. The van der Waals surface area contributed by atoms with E-state index in [1.54, 1.807) is 11.3 Å². The Hall–Kier alpha value is -0.860. The first-order chi connectivity index (χ1) is 8.16. The van der Waals surface area contributed by atoms with Gasteiger partial charge in [0, 0.05) is 14.7 Å². The Morgan fingerprint density at radius 2 is 2.29 bits per heavy atom. The van der Waals surface area contributed by atoms with Crippen molar-refractivity contribution in [3.05, 3.63) is 20.8 Å². The van der Waals surface area contributed by atoms with Gasteiger partial charge >= 0.3 is 0 Å². The molecule has 0 aromatic carbocycles. The number of thiophene rings is 1. The molecule has 5 heteroatoms. The standard InChI is InChI=1S/C12H13BrN2OS/c13-9-5-10(17-7-9)6-15-11(16)12(8-14)3-1-2-4-12/h5,7H,1-4,6H2,(H,15,16). The van der Waals surface area contributed by atoms with Crippen LogP contribution in [0.4, 0.5) is 0 Å². The third kappa shape index (κ3) is 2.70. The Labute approximate surface area is 113 Å². The van der Waals surface area contributed by atoms with Crippen molar-refractivity contribution in [1.82, 2.24) is 5.32 Å². The molecule has 0 saturated heterocycles. The number of carbonyl (C=O) groups excluding carboxylic acids is 1. The molecule has 0 radical (unpaired) electrons. The van der Waals surface area contributed by atoms with Crippen molar-refractivity contribution in [1.29, 1.82) is 5.26 Å². The van der Waals surface area contributed by atoms with Gasteiger partial charge in [0.1, 0.15) is 5.41 Å². The number of amides is 1. The summed E-state index contributed by atoms with van der Waals surface area (Å²) in [7, 11) is 0. The van der Waals surface area contributed by atoms with Crippen molar-refractivity contribution in [2.75, 3.05) is 0 Å². The summed E-state index contributed by atoms with van der Waals surface area (Å²) in [5.74, 6) is -0.109. The molecule has 3 nitrogen and oxygen atoms in total. The van der Waals surface area contributed by atoms with E-state index in [0.29, 0.717) is 19.4 Å². The lowest BCUT2D eigenvalue weighted by molar-refractivity contribution is -0.128. The molecule has 17 heavy (non-hydrogen) atoms. The number of hydrogen-bond acceptors (Lipinski definition) is 3. The summed E-state index contributed by atoms with van der Waals surface area (Å²) >= 11 is 4.97. The molecule has 2 rings (SSSR count). The third-order valence-corrected chi connectivity index (χ3v) is 4.85. The van der Waals surface area contributed by atoms with Gasteiger partial charge in [0.15, 0.2) is 0 Å². The summed E-state index contributed by atoms with van der Waals surface area (Å²) in [5.41, 5.74) is -0.769. The van der Waals surface area contributed by atoms with Gasteiger partial charge in [0.2, 0.25) is 5.91 Å². The first-order valence-electron chi connectivity index (χ1n) is 5.59. The van der Waals surface area contributed by atoms with E-state index in [-0.39, 0.29) is 5.91 Å². The highest BCUT2D eigenvalue weighted by Crippen LogP contribution is 2.37. The Morgan fingerprint density at radius 3 is 2.82 bits per heavy atom. The normalized spacial score (nSPS) is 17.6. The number of nitriles is 1. The second-order valence-electron chi connectivity index (χ2n) is 4.31. The van der Waals surface area contributed by atoms with Gasteiger partial charge in [-0.2, -0.15) is 5.26 Å². The summed E-state index contributed by atoms with van der Waals surface area (Å²) in [6, 6.07) is 4.19. The van der Waals surface area contributed by atoms with Crippen molar-refractivity contribution in [3.8, 4) is 6.07 Å². The molecule has 1 N–H and O–H groups in total. The number of rotatable bonds is 3. The molecule has 1 aliphatic rings. The maximum absolute atomic E-state index is 12.0. The Kier molecular flexibility index (Phi) is 3.85. The molecule has 1 aliphatic carbocycles. The molecule has 0 spiro atoms. The molecule has 1 aromatic heterocycles. The minimum absolute atomic E-state index is 0.109. The van der Waals surface area contributed by atoms with Crippen LogP contribution >= 0.6 is 27.3 Å². The molecular weight excluding hydrogens is 300 g/mol. The van der Waals surface area contributed by atoms with Gasteiger partial charge in [-0.3, -0.25) is 4.79 Å². The number of nitrogens with zero attached hydrogens (tertiary/aromatic N) is 1. The highest BCUT2D eigenvalue weighted by Gasteiger charge is 2.41. The van der Waals surface area contributed by atoms with Gasteiger partial charge in [-0.15, -0.1) is 11.3 Å². The molecular formula is C12H13BrN2OS. The van der Waals surface area contributed by atoms with Gasteiger partial charge < -0.3 is 5.32 Å². The minimum Gasteiger partial charge on any atom is -0.350 e. The Balaban J connectivity index is 1.95. The number of halogens is 1. The third-order valence-electron chi connectivity index (χ3n) is 3.15. The molecule has 0 atom stereocenters. The van der Waals surface area contributed by atoms with Gasteiger partial charge in [-0.25, -0.2) is 0 Å². The zero-order chi connectivity index (χ0) is 12.3. The van der Waals surface area contributed by atoms with Gasteiger partial charge in [-0.1, -0.05) is 12.8 Å². The van der Waals surface area contributed by atoms with Crippen molar-refractivity contribution < 1.29 is 4.79 Å². The van der Waals surface area contributed by atoms with E-state index < -0.39 is 5.41 Å². The Bertz CT molecular complexity index is 457. The predicted molar refractivity (Wildman–Crippen MR) is 70.4 cm³/mol. The SMILES string of the molecule is N#CC1(C(=O)NCc2cc(Br)cs2)CCCC1. The smallest absolute Gasteiger partial charge is 0.240 e. The van der Waals surface area contributed by atoms with Crippen molar-refractivity contribution in [2.45, 2.75) is 32.2 Å². The van der Waals surface area contributed by atoms with Crippen LogP contribution in [0.15, 0.2) is 15.9 Å². The monoisotopic (exact) mass is 312 g/mol.